The van der Waals surface area contributed by atoms with Crippen LogP contribution in [0.5, 0.6) is 0 Å². The van der Waals surface area contributed by atoms with Gasteiger partial charge in [-0.1, -0.05) is 47.1 Å². The molecule has 0 aliphatic carbocycles. The van der Waals surface area contributed by atoms with Gasteiger partial charge in [0.15, 0.2) is 0 Å². The average molecular weight is 387 g/mol. The minimum atomic E-state index is 0.166. The molecular formula is C21H15ClN6. The maximum atomic E-state index is 9.54. The van der Waals surface area contributed by atoms with Gasteiger partial charge in [-0.3, -0.25) is 0 Å². The van der Waals surface area contributed by atoms with E-state index in [1.807, 2.05) is 55.5 Å². The Morgan fingerprint density at radius 1 is 1.07 bits per heavy atom. The zero-order valence-electron chi connectivity index (χ0n) is 15.0. The number of hydrogen-bond donors (Lipinski definition) is 1. The number of pyridine rings is 1. The van der Waals surface area contributed by atoms with E-state index in [2.05, 4.69) is 21.4 Å². The molecule has 0 atom stereocenters. The molecule has 2 aromatic carbocycles. The fourth-order valence-electron chi connectivity index (χ4n) is 3.04. The van der Waals surface area contributed by atoms with Crippen LogP contribution in [0.25, 0.3) is 28.2 Å². The fourth-order valence-corrected chi connectivity index (χ4v) is 3.17. The van der Waals surface area contributed by atoms with Gasteiger partial charge >= 0.3 is 0 Å². The average Bonchev–Trinajstić information content (AvgIpc) is 3.10. The maximum Gasteiger partial charge on any atom is 0.142 e. The summed E-state index contributed by atoms with van der Waals surface area (Å²) >= 11 is 5.97. The molecule has 7 heteroatoms. The lowest BCUT2D eigenvalue weighted by Gasteiger charge is -2.09. The van der Waals surface area contributed by atoms with Crippen LogP contribution in [0.1, 0.15) is 11.3 Å². The van der Waals surface area contributed by atoms with Crippen LogP contribution in [0, 0.1) is 18.3 Å². The van der Waals surface area contributed by atoms with Crippen molar-refractivity contribution in [3.8, 4) is 34.3 Å². The van der Waals surface area contributed by atoms with Crippen LogP contribution in [0.15, 0.2) is 60.7 Å². The highest BCUT2D eigenvalue weighted by atomic mass is 35.5. The van der Waals surface area contributed by atoms with E-state index in [0.717, 1.165) is 16.9 Å². The number of halogens is 1. The lowest BCUT2D eigenvalue weighted by molar-refractivity contribution is 0.785. The van der Waals surface area contributed by atoms with Gasteiger partial charge in [-0.05, 0) is 42.8 Å². The number of rotatable bonds is 3. The molecule has 0 amide bonds. The van der Waals surface area contributed by atoms with E-state index >= 15 is 0 Å². The summed E-state index contributed by atoms with van der Waals surface area (Å²) in [6.45, 7) is 1.90. The quantitative estimate of drug-likeness (QED) is 0.562. The molecule has 6 nitrogen and oxygen atoms in total. The predicted octanol–water partition coefficient (Wildman–Crippen LogP) is 4.41. The zero-order valence-corrected chi connectivity index (χ0v) is 15.7. The first-order chi connectivity index (χ1) is 13.6. The third-order valence-corrected chi connectivity index (χ3v) is 4.70. The van der Waals surface area contributed by atoms with Crippen LogP contribution in [0.2, 0.25) is 5.02 Å². The largest absolute Gasteiger partial charge is 0.383 e. The summed E-state index contributed by atoms with van der Waals surface area (Å²) in [5.74, 6) is 0.166. The molecule has 0 aliphatic heterocycles. The van der Waals surface area contributed by atoms with Crippen molar-refractivity contribution in [2.24, 2.45) is 0 Å². The molecule has 4 rings (SSSR count). The topological polar surface area (TPSA) is 93.4 Å². The summed E-state index contributed by atoms with van der Waals surface area (Å²) in [6, 6.07) is 20.9. The Bertz CT molecular complexity index is 1190. The molecule has 2 N–H and O–H groups in total. The summed E-state index contributed by atoms with van der Waals surface area (Å²) < 4.78 is 1.71. The Kier molecular flexibility index (Phi) is 4.52. The number of nitrogen functional groups attached to an aromatic ring is 1. The molecule has 4 aromatic rings. The number of nitriles is 1. The van der Waals surface area contributed by atoms with E-state index in [9.17, 15) is 5.26 Å². The van der Waals surface area contributed by atoms with Gasteiger partial charge < -0.3 is 5.73 Å². The van der Waals surface area contributed by atoms with E-state index in [1.54, 1.807) is 16.8 Å². The van der Waals surface area contributed by atoms with E-state index in [-0.39, 0.29) is 5.82 Å². The van der Waals surface area contributed by atoms with Crippen molar-refractivity contribution in [1.82, 2.24) is 20.0 Å². The zero-order chi connectivity index (χ0) is 19.7. The van der Waals surface area contributed by atoms with Crippen molar-refractivity contribution in [3.63, 3.8) is 0 Å². The molecule has 0 radical (unpaired) electrons. The molecule has 0 bridgehead atoms. The van der Waals surface area contributed by atoms with Gasteiger partial charge in [0, 0.05) is 10.6 Å². The highest BCUT2D eigenvalue weighted by Crippen LogP contribution is 2.31. The predicted molar refractivity (Wildman–Crippen MR) is 109 cm³/mol. The van der Waals surface area contributed by atoms with E-state index < -0.39 is 0 Å². The van der Waals surface area contributed by atoms with Gasteiger partial charge in [-0.15, -0.1) is 5.10 Å². The minimum Gasteiger partial charge on any atom is -0.383 e. The van der Waals surface area contributed by atoms with Gasteiger partial charge in [0.25, 0.3) is 0 Å². The Hall–Kier alpha value is -3.69. The van der Waals surface area contributed by atoms with Crippen LogP contribution in [0.4, 0.5) is 5.82 Å². The van der Waals surface area contributed by atoms with Crippen molar-refractivity contribution < 1.29 is 0 Å². The van der Waals surface area contributed by atoms with Crippen LogP contribution in [0.3, 0.4) is 0 Å². The number of benzene rings is 2. The normalized spacial score (nSPS) is 10.6. The first kappa shape index (κ1) is 17.7. The number of nitrogens with two attached hydrogens (primary N) is 1. The third kappa shape index (κ3) is 3.08. The summed E-state index contributed by atoms with van der Waals surface area (Å²) in [7, 11) is 0. The molecule has 2 aromatic heterocycles. The summed E-state index contributed by atoms with van der Waals surface area (Å²) in [4.78, 5) is 4.40. The van der Waals surface area contributed by atoms with Gasteiger partial charge in [0.2, 0.25) is 0 Å². The second-order valence-corrected chi connectivity index (χ2v) is 6.64. The number of anilines is 1. The molecule has 0 saturated heterocycles. The highest BCUT2D eigenvalue weighted by Gasteiger charge is 2.18. The van der Waals surface area contributed by atoms with Gasteiger partial charge in [-0.2, -0.15) is 5.26 Å². The van der Waals surface area contributed by atoms with Crippen LogP contribution in [-0.4, -0.2) is 20.0 Å². The maximum absolute atomic E-state index is 9.54. The molecular weight excluding hydrogens is 372 g/mol. The minimum absolute atomic E-state index is 0.166. The van der Waals surface area contributed by atoms with Crippen molar-refractivity contribution in [1.29, 1.82) is 5.26 Å². The molecule has 0 saturated carbocycles. The Labute approximate surface area is 166 Å². The van der Waals surface area contributed by atoms with Crippen LogP contribution >= 0.6 is 11.6 Å². The number of hydrogen-bond acceptors (Lipinski definition) is 5. The second kappa shape index (κ2) is 7.14. The Morgan fingerprint density at radius 3 is 2.46 bits per heavy atom. The van der Waals surface area contributed by atoms with Gasteiger partial charge in [-0.25, -0.2) is 9.67 Å². The fraction of sp³-hybridized carbons (Fsp3) is 0.0476. The molecule has 0 aliphatic rings. The summed E-state index contributed by atoms with van der Waals surface area (Å²) in [5, 5.41) is 18.7. The smallest absolute Gasteiger partial charge is 0.142 e. The van der Waals surface area contributed by atoms with Crippen LogP contribution in [-0.2, 0) is 0 Å². The summed E-state index contributed by atoms with van der Waals surface area (Å²) in [6.07, 6.45) is 0. The van der Waals surface area contributed by atoms with E-state index in [0.29, 0.717) is 27.5 Å². The second-order valence-electron chi connectivity index (χ2n) is 6.20. The van der Waals surface area contributed by atoms with Crippen LogP contribution < -0.4 is 5.73 Å². The van der Waals surface area contributed by atoms with Crippen molar-refractivity contribution in [2.45, 2.75) is 6.92 Å². The van der Waals surface area contributed by atoms with Crippen molar-refractivity contribution in [3.05, 3.63) is 76.9 Å². The highest BCUT2D eigenvalue weighted by molar-refractivity contribution is 6.30. The van der Waals surface area contributed by atoms with Crippen molar-refractivity contribution in [2.75, 3.05) is 5.73 Å². The number of aromatic nitrogens is 4. The van der Waals surface area contributed by atoms with Gasteiger partial charge in [0.1, 0.15) is 23.1 Å². The Balaban J connectivity index is 1.86. The molecule has 0 fully saturated rings. The standard InChI is InChI=1S/C21H15ClN6/c1-13-20(26-27-28(13)16-9-7-15(22)8-10-16)19-11-17(14-5-3-2-4-6-14)18(12-23)21(24)25-19/h2-11H,1H3,(H2,24,25). The third-order valence-electron chi connectivity index (χ3n) is 4.45. The van der Waals surface area contributed by atoms with Crippen molar-refractivity contribution >= 4 is 17.4 Å². The van der Waals surface area contributed by atoms with E-state index in [4.69, 9.17) is 17.3 Å². The first-order valence-electron chi connectivity index (χ1n) is 8.53. The first-order valence-corrected chi connectivity index (χ1v) is 8.91. The molecule has 136 valence electrons. The van der Waals surface area contributed by atoms with Gasteiger partial charge in [0.05, 0.1) is 17.1 Å². The molecule has 28 heavy (non-hydrogen) atoms. The molecule has 0 spiro atoms. The molecule has 2 heterocycles. The SMILES string of the molecule is Cc1c(-c2cc(-c3ccccc3)c(C#N)c(N)n2)nnn1-c1ccc(Cl)cc1. The lowest BCUT2D eigenvalue weighted by atomic mass is 9.99. The summed E-state index contributed by atoms with van der Waals surface area (Å²) in [5.41, 5.74) is 10.8. The monoisotopic (exact) mass is 386 g/mol. The molecule has 0 unspecified atom stereocenters. The van der Waals surface area contributed by atoms with E-state index in [1.165, 1.54) is 0 Å². The Morgan fingerprint density at radius 2 is 1.79 bits per heavy atom. The number of nitrogens with zero attached hydrogens (tertiary/aromatic N) is 5. The lowest BCUT2D eigenvalue weighted by Crippen LogP contribution is -2.01.